The van der Waals surface area contributed by atoms with Crippen molar-refractivity contribution in [3.63, 3.8) is 0 Å². The minimum atomic E-state index is -2.53. The highest BCUT2D eigenvalue weighted by Gasteiger charge is 2.37. The smallest absolute Gasteiger partial charge is 0.396 e. The molecule has 1 unspecified atom stereocenters. The lowest BCUT2D eigenvalue weighted by Crippen LogP contribution is -2.45. The minimum absolute atomic E-state index is 0.00693. The van der Waals surface area contributed by atoms with Crippen LogP contribution in [0.3, 0.4) is 0 Å². The summed E-state index contributed by atoms with van der Waals surface area (Å²) in [5, 5.41) is 26.1. The maximum absolute atomic E-state index is 9.99. The number of nitrogens with one attached hydrogen (secondary N) is 2. The Bertz CT molecular complexity index is 403. The summed E-state index contributed by atoms with van der Waals surface area (Å²) in [6, 6.07) is 1.47. The second-order valence-electron chi connectivity index (χ2n) is 7.72. The molecular formula is C20H48N2O8Si2. The third-order valence-corrected chi connectivity index (χ3v) is 11.4. The molecule has 0 aromatic heterocycles. The summed E-state index contributed by atoms with van der Waals surface area (Å²) in [6.07, 6.45) is 4.48. The van der Waals surface area contributed by atoms with Gasteiger partial charge in [0.2, 0.25) is 0 Å². The number of hydrogen-bond donors (Lipinski definition) is 4. The zero-order valence-electron chi connectivity index (χ0n) is 20.8. The van der Waals surface area contributed by atoms with Gasteiger partial charge in [0.05, 0.1) is 18.9 Å². The molecule has 1 atom stereocenters. The highest BCUT2D eigenvalue weighted by molar-refractivity contribution is 6.67. The van der Waals surface area contributed by atoms with Crippen LogP contribution in [0.25, 0.3) is 0 Å². The maximum atomic E-state index is 9.99. The molecule has 0 radical (unpaired) electrons. The Morgan fingerprint density at radius 2 is 1.31 bits per heavy atom. The lowest BCUT2D eigenvalue weighted by Gasteiger charge is -2.24. The molecule has 4 N–H and O–H groups in total. The van der Waals surface area contributed by atoms with Crippen LogP contribution in [-0.2, 0) is 26.9 Å². The van der Waals surface area contributed by atoms with Crippen LogP contribution in [0.15, 0.2) is 0 Å². The monoisotopic (exact) mass is 500 g/mol. The van der Waals surface area contributed by atoms with Gasteiger partial charge in [-0.1, -0.05) is 6.42 Å². The van der Waals surface area contributed by atoms with Crippen LogP contribution in [0.1, 0.15) is 32.1 Å². The van der Waals surface area contributed by atoms with Gasteiger partial charge in [0.25, 0.3) is 0 Å². The number of unbranched alkanes of at least 4 members (excludes halogenated alkanes) is 2. The fourth-order valence-electron chi connectivity index (χ4n) is 3.27. The van der Waals surface area contributed by atoms with Gasteiger partial charge in [-0.25, -0.2) is 0 Å². The Morgan fingerprint density at radius 3 is 1.88 bits per heavy atom. The minimum Gasteiger partial charge on any atom is -0.396 e. The van der Waals surface area contributed by atoms with E-state index in [9.17, 15) is 10.2 Å². The summed E-state index contributed by atoms with van der Waals surface area (Å²) in [5.74, 6) is 0. The molecule has 0 spiro atoms. The Kier molecular flexibility index (Phi) is 20.4. The lowest BCUT2D eigenvalue weighted by molar-refractivity contribution is 0.0352. The Balaban J connectivity index is 3.50. The van der Waals surface area contributed by atoms with E-state index in [4.69, 9.17) is 26.9 Å². The van der Waals surface area contributed by atoms with Crippen LogP contribution in [-0.4, -0.2) is 115 Å². The fourth-order valence-corrected chi connectivity index (χ4v) is 6.67. The number of rotatable bonds is 24. The van der Waals surface area contributed by atoms with Crippen molar-refractivity contribution in [3.8, 4) is 0 Å². The van der Waals surface area contributed by atoms with Gasteiger partial charge in [0, 0.05) is 54.7 Å². The first kappa shape index (κ1) is 32.0. The molecule has 0 aliphatic rings. The van der Waals surface area contributed by atoms with E-state index < -0.39 is 23.5 Å². The van der Waals surface area contributed by atoms with Gasteiger partial charge in [-0.15, -0.1) is 0 Å². The van der Waals surface area contributed by atoms with Crippen molar-refractivity contribution in [2.45, 2.75) is 50.3 Å². The second-order valence-corrected chi connectivity index (χ2v) is 14.3. The Hall–Kier alpha value is 0.0338. The van der Waals surface area contributed by atoms with Crippen molar-refractivity contribution in [1.82, 2.24) is 10.6 Å². The van der Waals surface area contributed by atoms with E-state index in [0.717, 1.165) is 57.8 Å². The third-order valence-electron chi connectivity index (χ3n) is 5.50. The van der Waals surface area contributed by atoms with E-state index in [0.29, 0.717) is 25.8 Å². The molecule has 0 saturated heterocycles. The lowest BCUT2D eigenvalue weighted by atomic mass is 10.2. The number of ether oxygens (including phenoxy) is 1. The average Bonchev–Trinajstić information content (AvgIpc) is 2.83. The molecule has 0 amide bonds. The standard InChI is InChI=1S/C20H48N2O8Si2/c1-25-31(19-23,26-2)15-9-13-21-11-7-6-8-12-22-17-20(24)18-30-14-10-16-32(27-3,28-4)29-5/h20-24H,6-19H2,1-5H3. The van der Waals surface area contributed by atoms with E-state index in [1.54, 1.807) is 35.5 Å². The molecule has 0 aliphatic carbocycles. The molecule has 12 heteroatoms. The molecule has 0 aromatic carbocycles. The summed E-state index contributed by atoms with van der Waals surface area (Å²) in [4.78, 5) is 0. The summed E-state index contributed by atoms with van der Waals surface area (Å²) >= 11 is 0. The molecule has 0 heterocycles. The molecular weight excluding hydrogens is 452 g/mol. The molecule has 0 saturated carbocycles. The van der Waals surface area contributed by atoms with Crippen LogP contribution < -0.4 is 10.6 Å². The normalized spacial score (nSPS) is 13.6. The zero-order valence-corrected chi connectivity index (χ0v) is 22.8. The van der Waals surface area contributed by atoms with E-state index in [1.807, 2.05) is 0 Å². The van der Waals surface area contributed by atoms with Crippen LogP contribution in [0.2, 0.25) is 12.1 Å². The van der Waals surface area contributed by atoms with Gasteiger partial charge in [-0.2, -0.15) is 0 Å². The zero-order chi connectivity index (χ0) is 24.1. The van der Waals surface area contributed by atoms with E-state index >= 15 is 0 Å². The van der Waals surface area contributed by atoms with Crippen molar-refractivity contribution in [2.75, 3.05) is 81.2 Å². The average molecular weight is 501 g/mol. The summed E-state index contributed by atoms with van der Waals surface area (Å²) < 4.78 is 32.4. The predicted octanol–water partition coefficient (Wildman–Crippen LogP) is 0.638. The fraction of sp³-hybridized carbons (Fsp3) is 1.00. The number of hydrogen-bond acceptors (Lipinski definition) is 10. The van der Waals surface area contributed by atoms with Crippen molar-refractivity contribution in [1.29, 1.82) is 0 Å². The molecule has 0 bridgehead atoms. The quantitative estimate of drug-likeness (QED) is 0.111. The summed E-state index contributed by atoms with van der Waals surface area (Å²) in [6.45, 7) is 4.13. The second kappa shape index (κ2) is 20.4. The molecule has 32 heavy (non-hydrogen) atoms. The third kappa shape index (κ3) is 14.3. The first-order valence-corrected chi connectivity index (χ1v) is 15.7. The van der Waals surface area contributed by atoms with Crippen LogP contribution in [0, 0.1) is 0 Å². The van der Waals surface area contributed by atoms with Crippen LogP contribution >= 0.6 is 0 Å². The molecule has 0 fully saturated rings. The first-order valence-electron chi connectivity index (χ1n) is 11.5. The van der Waals surface area contributed by atoms with Crippen molar-refractivity contribution in [2.24, 2.45) is 0 Å². The molecule has 194 valence electrons. The van der Waals surface area contributed by atoms with E-state index in [2.05, 4.69) is 10.6 Å². The number of aliphatic hydroxyl groups is 2. The maximum Gasteiger partial charge on any atom is 0.500 e. The predicted molar refractivity (Wildman–Crippen MR) is 129 cm³/mol. The van der Waals surface area contributed by atoms with Crippen molar-refractivity contribution < 1.29 is 37.1 Å². The molecule has 0 aromatic rings. The highest BCUT2D eigenvalue weighted by Crippen LogP contribution is 2.15. The van der Waals surface area contributed by atoms with Gasteiger partial charge >= 0.3 is 17.4 Å². The Labute approximate surface area is 196 Å². The van der Waals surface area contributed by atoms with E-state index in [-0.39, 0.29) is 6.23 Å². The topological polar surface area (TPSA) is 120 Å². The Morgan fingerprint density at radius 1 is 0.719 bits per heavy atom. The van der Waals surface area contributed by atoms with Crippen LogP contribution in [0.4, 0.5) is 0 Å². The SMILES string of the molecule is CO[Si](CO)(CCCNCCCCCNCC(O)COCCC[Si](OC)(OC)OC)OC. The largest absolute Gasteiger partial charge is 0.500 e. The van der Waals surface area contributed by atoms with Gasteiger partial charge < -0.3 is 47.7 Å². The highest BCUT2D eigenvalue weighted by atomic mass is 28.4. The summed E-state index contributed by atoms with van der Waals surface area (Å²) in [5.41, 5.74) is 0. The van der Waals surface area contributed by atoms with Crippen molar-refractivity contribution >= 4 is 17.4 Å². The van der Waals surface area contributed by atoms with Gasteiger partial charge in [0.1, 0.15) is 0 Å². The number of aliphatic hydroxyl groups excluding tert-OH is 2. The van der Waals surface area contributed by atoms with Gasteiger partial charge in [-0.05, 0) is 51.4 Å². The van der Waals surface area contributed by atoms with Gasteiger partial charge in [-0.3, -0.25) is 0 Å². The first-order chi connectivity index (χ1) is 15.5. The summed E-state index contributed by atoms with van der Waals surface area (Å²) in [7, 11) is 3.11. The van der Waals surface area contributed by atoms with Gasteiger partial charge in [0.15, 0.2) is 0 Å². The van der Waals surface area contributed by atoms with E-state index in [1.165, 1.54) is 0 Å². The molecule has 0 rings (SSSR count). The molecule has 10 nitrogen and oxygen atoms in total. The van der Waals surface area contributed by atoms with Crippen LogP contribution in [0.5, 0.6) is 0 Å². The van der Waals surface area contributed by atoms with Crippen molar-refractivity contribution in [3.05, 3.63) is 0 Å². The molecule has 0 aliphatic heterocycles.